The molecule has 0 fully saturated rings. The molecule has 0 aliphatic carbocycles. The van der Waals surface area contributed by atoms with Crippen LogP contribution in [0.3, 0.4) is 0 Å². The molecular weight excluding hydrogens is 256 g/mol. The fraction of sp³-hybridized carbons (Fsp3) is 0.364. The molecule has 1 heterocycles. The van der Waals surface area contributed by atoms with Crippen LogP contribution < -0.4 is 5.32 Å². The van der Waals surface area contributed by atoms with Crippen LogP contribution in [0.1, 0.15) is 19.2 Å². The van der Waals surface area contributed by atoms with Crippen molar-refractivity contribution in [2.24, 2.45) is 0 Å². The first kappa shape index (κ1) is 10.6. The van der Waals surface area contributed by atoms with Gasteiger partial charge in [0, 0.05) is 4.47 Å². The molecule has 0 saturated carbocycles. The zero-order chi connectivity index (χ0) is 10.7. The normalized spacial score (nSPS) is 11.1. The zero-order valence-corrected chi connectivity index (χ0v) is 10.2. The molecule has 0 atom stereocenters. The van der Waals surface area contributed by atoms with Crippen LogP contribution in [0.25, 0.3) is 11.1 Å². The Kier molecular flexibility index (Phi) is 3.38. The minimum atomic E-state index is 0.695. The van der Waals surface area contributed by atoms with E-state index in [1.54, 1.807) is 0 Å². The number of hydrogen-bond acceptors (Lipinski definition) is 3. The summed E-state index contributed by atoms with van der Waals surface area (Å²) in [7, 11) is 0. The molecule has 15 heavy (non-hydrogen) atoms. The largest absolute Gasteiger partial charge is 0.439 e. The Morgan fingerprint density at radius 2 is 2.33 bits per heavy atom. The molecule has 0 amide bonds. The van der Waals surface area contributed by atoms with Crippen LogP contribution in [0.4, 0.5) is 0 Å². The number of rotatable bonds is 4. The standard InChI is InChI=1S/C11H13BrN2O/c1-2-5-13-7-11-14-9-6-8(12)3-4-10(9)15-11/h3-4,6,13H,2,5,7H2,1H3. The molecule has 0 spiro atoms. The lowest BCUT2D eigenvalue weighted by Gasteiger charge is -1.96. The van der Waals surface area contributed by atoms with Gasteiger partial charge in [0.05, 0.1) is 6.54 Å². The Bertz CT molecular complexity index is 453. The van der Waals surface area contributed by atoms with E-state index in [2.05, 4.69) is 33.2 Å². The molecular formula is C11H13BrN2O. The van der Waals surface area contributed by atoms with Gasteiger partial charge in [0.2, 0.25) is 5.89 Å². The van der Waals surface area contributed by atoms with Gasteiger partial charge in [0.25, 0.3) is 0 Å². The lowest BCUT2D eigenvalue weighted by Crippen LogP contribution is -2.13. The first-order chi connectivity index (χ1) is 7.29. The second kappa shape index (κ2) is 4.77. The van der Waals surface area contributed by atoms with Gasteiger partial charge in [-0.05, 0) is 31.2 Å². The van der Waals surface area contributed by atoms with Gasteiger partial charge in [0.1, 0.15) is 5.52 Å². The molecule has 2 rings (SSSR count). The maximum atomic E-state index is 5.58. The van der Waals surface area contributed by atoms with E-state index < -0.39 is 0 Å². The summed E-state index contributed by atoms with van der Waals surface area (Å²) in [5, 5.41) is 3.26. The third kappa shape index (κ3) is 2.58. The molecule has 80 valence electrons. The van der Waals surface area contributed by atoms with Crippen LogP contribution in [0.5, 0.6) is 0 Å². The van der Waals surface area contributed by atoms with Gasteiger partial charge >= 0.3 is 0 Å². The Morgan fingerprint density at radius 1 is 1.47 bits per heavy atom. The SMILES string of the molecule is CCCNCc1nc2cc(Br)ccc2o1. The van der Waals surface area contributed by atoms with Gasteiger partial charge in [0.15, 0.2) is 5.58 Å². The van der Waals surface area contributed by atoms with Crippen molar-refractivity contribution in [2.45, 2.75) is 19.9 Å². The molecule has 3 nitrogen and oxygen atoms in total. The topological polar surface area (TPSA) is 38.1 Å². The Hall–Kier alpha value is -0.870. The summed E-state index contributed by atoms with van der Waals surface area (Å²) in [6.45, 7) is 3.82. The van der Waals surface area contributed by atoms with Crippen molar-refractivity contribution in [1.29, 1.82) is 0 Å². The van der Waals surface area contributed by atoms with Gasteiger partial charge in [-0.25, -0.2) is 4.98 Å². The molecule has 0 aliphatic rings. The molecule has 0 saturated heterocycles. The summed E-state index contributed by atoms with van der Waals surface area (Å²) < 4.78 is 6.60. The van der Waals surface area contributed by atoms with E-state index in [1.165, 1.54) is 0 Å². The molecule has 0 bridgehead atoms. The van der Waals surface area contributed by atoms with Gasteiger partial charge in [-0.15, -0.1) is 0 Å². The molecule has 1 N–H and O–H groups in total. The third-order valence-corrected chi connectivity index (χ3v) is 2.59. The summed E-state index contributed by atoms with van der Waals surface area (Å²) >= 11 is 3.41. The van der Waals surface area contributed by atoms with E-state index in [0.29, 0.717) is 6.54 Å². The third-order valence-electron chi connectivity index (χ3n) is 2.10. The lowest BCUT2D eigenvalue weighted by molar-refractivity contribution is 0.495. The minimum absolute atomic E-state index is 0.695. The molecule has 1 aromatic heterocycles. The van der Waals surface area contributed by atoms with Crippen molar-refractivity contribution in [3.05, 3.63) is 28.6 Å². The van der Waals surface area contributed by atoms with E-state index in [9.17, 15) is 0 Å². The number of nitrogens with zero attached hydrogens (tertiary/aromatic N) is 1. The van der Waals surface area contributed by atoms with Gasteiger partial charge < -0.3 is 9.73 Å². The maximum absolute atomic E-state index is 5.58. The minimum Gasteiger partial charge on any atom is -0.439 e. The van der Waals surface area contributed by atoms with Crippen molar-refractivity contribution >= 4 is 27.0 Å². The molecule has 1 aromatic carbocycles. The highest BCUT2D eigenvalue weighted by molar-refractivity contribution is 9.10. The second-order valence-electron chi connectivity index (χ2n) is 3.40. The van der Waals surface area contributed by atoms with E-state index in [-0.39, 0.29) is 0 Å². The molecule has 0 aliphatic heterocycles. The van der Waals surface area contributed by atoms with Crippen LogP contribution in [0.2, 0.25) is 0 Å². The average molecular weight is 269 g/mol. The number of nitrogens with one attached hydrogen (secondary N) is 1. The Balaban J connectivity index is 2.16. The predicted molar refractivity (Wildman–Crippen MR) is 63.7 cm³/mol. The highest BCUT2D eigenvalue weighted by atomic mass is 79.9. The van der Waals surface area contributed by atoms with Gasteiger partial charge in [-0.2, -0.15) is 0 Å². The zero-order valence-electron chi connectivity index (χ0n) is 8.59. The summed E-state index contributed by atoms with van der Waals surface area (Å²) in [4.78, 5) is 4.39. The number of aromatic nitrogens is 1. The van der Waals surface area contributed by atoms with Crippen LogP contribution >= 0.6 is 15.9 Å². The van der Waals surface area contributed by atoms with Crippen LogP contribution in [0, 0.1) is 0 Å². The number of benzene rings is 1. The molecule has 4 heteroatoms. The van der Waals surface area contributed by atoms with E-state index >= 15 is 0 Å². The molecule has 0 unspecified atom stereocenters. The Morgan fingerprint density at radius 3 is 3.13 bits per heavy atom. The number of hydrogen-bond donors (Lipinski definition) is 1. The van der Waals surface area contributed by atoms with Crippen molar-refractivity contribution in [3.63, 3.8) is 0 Å². The quantitative estimate of drug-likeness (QED) is 0.867. The van der Waals surface area contributed by atoms with Gasteiger partial charge in [-0.3, -0.25) is 0 Å². The maximum Gasteiger partial charge on any atom is 0.209 e. The van der Waals surface area contributed by atoms with E-state index in [4.69, 9.17) is 4.42 Å². The van der Waals surface area contributed by atoms with Crippen LogP contribution in [0.15, 0.2) is 27.1 Å². The Labute approximate surface area is 97.0 Å². The summed E-state index contributed by atoms with van der Waals surface area (Å²) in [5.74, 6) is 0.747. The molecule has 0 radical (unpaired) electrons. The highest BCUT2D eigenvalue weighted by Crippen LogP contribution is 2.20. The second-order valence-corrected chi connectivity index (χ2v) is 4.31. The summed E-state index contributed by atoms with van der Waals surface area (Å²) in [6, 6.07) is 5.84. The summed E-state index contributed by atoms with van der Waals surface area (Å²) in [6.07, 6.45) is 1.12. The van der Waals surface area contributed by atoms with Crippen LogP contribution in [-0.2, 0) is 6.54 Å². The van der Waals surface area contributed by atoms with Crippen molar-refractivity contribution in [3.8, 4) is 0 Å². The summed E-state index contributed by atoms with van der Waals surface area (Å²) in [5.41, 5.74) is 1.74. The monoisotopic (exact) mass is 268 g/mol. The average Bonchev–Trinajstić information content (AvgIpc) is 2.60. The molecule has 2 aromatic rings. The fourth-order valence-electron chi connectivity index (χ4n) is 1.40. The van der Waals surface area contributed by atoms with Crippen molar-refractivity contribution in [2.75, 3.05) is 6.54 Å². The number of fused-ring (bicyclic) bond motifs is 1. The number of oxazole rings is 1. The van der Waals surface area contributed by atoms with Gasteiger partial charge in [-0.1, -0.05) is 22.9 Å². The van der Waals surface area contributed by atoms with Crippen molar-refractivity contribution in [1.82, 2.24) is 10.3 Å². The highest BCUT2D eigenvalue weighted by Gasteiger charge is 2.04. The lowest BCUT2D eigenvalue weighted by atomic mass is 10.3. The first-order valence-electron chi connectivity index (χ1n) is 5.05. The van der Waals surface area contributed by atoms with Crippen LogP contribution in [-0.4, -0.2) is 11.5 Å². The predicted octanol–water partition coefficient (Wildman–Crippen LogP) is 3.09. The first-order valence-corrected chi connectivity index (χ1v) is 5.84. The fourth-order valence-corrected chi connectivity index (χ4v) is 1.75. The number of halogens is 1. The smallest absolute Gasteiger partial charge is 0.209 e. The van der Waals surface area contributed by atoms with E-state index in [0.717, 1.165) is 34.4 Å². The van der Waals surface area contributed by atoms with Crippen molar-refractivity contribution < 1.29 is 4.42 Å². The van der Waals surface area contributed by atoms with E-state index in [1.807, 2.05) is 18.2 Å².